The summed E-state index contributed by atoms with van der Waals surface area (Å²) in [5, 5.41) is 0.323. The first-order valence-corrected chi connectivity index (χ1v) is 7.23. The third-order valence-electron chi connectivity index (χ3n) is 2.83. The van der Waals surface area contributed by atoms with Crippen molar-refractivity contribution in [1.82, 2.24) is 0 Å². The minimum Gasteiger partial charge on any atom is -0.462 e. The number of amides is 1. The molecule has 1 fully saturated rings. The molecule has 1 amide bonds. The van der Waals surface area contributed by atoms with Gasteiger partial charge in [-0.15, -0.1) is 0 Å². The van der Waals surface area contributed by atoms with Crippen LogP contribution in [0, 0.1) is 0 Å². The van der Waals surface area contributed by atoms with E-state index in [1.54, 1.807) is 30.0 Å². The van der Waals surface area contributed by atoms with Crippen molar-refractivity contribution in [2.24, 2.45) is 0 Å². The summed E-state index contributed by atoms with van der Waals surface area (Å²) in [4.78, 5) is 25.4. The van der Waals surface area contributed by atoms with Crippen molar-refractivity contribution in [2.45, 2.75) is 18.2 Å². The van der Waals surface area contributed by atoms with Crippen LogP contribution in [0.15, 0.2) is 18.2 Å². The van der Waals surface area contributed by atoms with Crippen LogP contribution in [0.25, 0.3) is 0 Å². The van der Waals surface area contributed by atoms with E-state index in [0.29, 0.717) is 23.7 Å². The van der Waals surface area contributed by atoms with E-state index in [4.69, 9.17) is 16.3 Å². The second kappa shape index (κ2) is 5.92. The Hall–Kier alpha value is -1.07. The average molecular weight is 347 g/mol. The van der Waals surface area contributed by atoms with Gasteiger partial charge in [0.15, 0.2) is 0 Å². The fraction of sp³-hybridized carbons (Fsp3) is 0.385. The van der Waals surface area contributed by atoms with Gasteiger partial charge in [0, 0.05) is 23.5 Å². The van der Waals surface area contributed by atoms with Gasteiger partial charge in [0.2, 0.25) is 5.91 Å². The van der Waals surface area contributed by atoms with E-state index in [1.807, 2.05) is 0 Å². The van der Waals surface area contributed by atoms with Gasteiger partial charge in [0.05, 0.1) is 17.2 Å². The first kappa shape index (κ1) is 14.3. The second-order valence-corrected chi connectivity index (χ2v) is 5.89. The van der Waals surface area contributed by atoms with Crippen molar-refractivity contribution in [3.63, 3.8) is 0 Å². The normalized spacial score (nSPS) is 18.8. The summed E-state index contributed by atoms with van der Waals surface area (Å²) < 4.78 is 4.94. The van der Waals surface area contributed by atoms with E-state index in [2.05, 4.69) is 15.9 Å². The van der Waals surface area contributed by atoms with Crippen LogP contribution in [0.4, 0.5) is 5.69 Å². The molecule has 1 atom stereocenters. The molecule has 0 spiro atoms. The molecule has 6 heteroatoms. The smallest absolute Gasteiger partial charge is 0.339 e. The highest BCUT2D eigenvalue weighted by molar-refractivity contribution is 9.09. The Morgan fingerprint density at radius 1 is 1.58 bits per heavy atom. The monoisotopic (exact) mass is 345 g/mol. The quantitative estimate of drug-likeness (QED) is 0.624. The average Bonchev–Trinajstić information content (AvgIpc) is 2.69. The Morgan fingerprint density at radius 3 is 2.89 bits per heavy atom. The molecule has 0 aliphatic carbocycles. The number of anilines is 1. The molecule has 2 rings (SSSR count). The molecular weight excluding hydrogens is 334 g/mol. The number of nitrogens with zero attached hydrogens (tertiary/aromatic N) is 1. The van der Waals surface area contributed by atoms with Crippen LogP contribution in [-0.2, 0) is 9.53 Å². The molecule has 1 aromatic rings. The maximum atomic E-state index is 11.8. The van der Waals surface area contributed by atoms with Crippen LogP contribution in [0.1, 0.15) is 23.7 Å². The van der Waals surface area contributed by atoms with Crippen LogP contribution in [0.2, 0.25) is 5.02 Å². The van der Waals surface area contributed by atoms with Gasteiger partial charge in [0.25, 0.3) is 0 Å². The topological polar surface area (TPSA) is 46.6 Å². The summed E-state index contributed by atoms with van der Waals surface area (Å²) in [6, 6.07) is 4.94. The highest BCUT2D eigenvalue weighted by Crippen LogP contribution is 2.29. The lowest BCUT2D eigenvalue weighted by Gasteiger charge is -2.17. The summed E-state index contributed by atoms with van der Waals surface area (Å²) >= 11 is 9.41. The van der Waals surface area contributed by atoms with Crippen molar-refractivity contribution in [3.05, 3.63) is 28.8 Å². The molecular formula is C13H13BrClNO3. The van der Waals surface area contributed by atoms with Gasteiger partial charge in [-0.25, -0.2) is 4.79 Å². The van der Waals surface area contributed by atoms with Gasteiger partial charge in [-0.05, 0) is 25.1 Å². The Balaban J connectivity index is 2.31. The van der Waals surface area contributed by atoms with Crippen LogP contribution in [-0.4, -0.2) is 29.9 Å². The van der Waals surface area contributed by atoms with Crippen molar-refractivity contribution in [1.29, 1.82) is 0 Å². The van der Waals surface area contributed by atoms with Gasteiger partial charge in [0.1, 0.15) is 0 Å². The Kier molecular flexibility index (Phi) is 4.47. The number of carbonyl (C=O) groups is 2. The third-order valence-corrected chi connectivity index (χ3v) is 3.78. The predicted molar refractivity (Wildman–Crippen MR) is 77.1 cm³/mol. The van der Waals surface area contributed by atoms with Crippen molar-refractivity contribution in [3.8, 4) is 0 Å². The number of esters is 1. The number of benzene rings is 1. The molecule has 1 aromatic carbocycles. The SMILES string of the molecule is CCOC(=O)c1cc(N2CC(Br)CC2=O)ccc1Cl. The van der Waals surface area contributed by atoms with Crippen LogP contribution in [0.3, 0.4) is 0 Å². The molecule has 1 aliphatic heterocycles. The number of halogens is 2. The number of hydrogen-bond donors (Lipinski definition) is 0. The minimum atomic E-state index is -0.476. The first-order valence-electron chi connectivity index (χ1n) is 5.94. The predicted octanol–water partition coefficient (Wildman–Crippen LogP) is 3.02. The molecule has 102 valence electrons. The second-order valence-electron chi connectivity index (χ2n) is 4.19. The van der Waals surface area contributed by atoms with E-state index in [-0.39, 0.29) is 22.9 Å². The summed E-state index contributed by atoms with van der Waals surface area (Å²) in [5.41, 5.74) is 0.950. The number of ether oxygens (including phenoxy) is 1. The van der Waals surface area contributed by atoms with Gasteiger partial charge >= 0.3 is 5.97 Å². The largest absolute Gasteiger partial charge is 0.462 e. The zero-order chi connectivity index (χ0) is 14.0. The summed E-state index contributed by atoms with van der Waals surface area (Å²) in [6.07, 6.45) is 0.456. The number of carbonyl (C=O) groups excluding carboxylic acids is 2. The van der Waals surface area contributed by atoms with Gasteiger partial charge in [-0.1, -0.05) is 27.5 Å². The minimum absolute atomic E-state index is 0.0269. The molecule has 4 nitrogen and oxygen atoms in total. The molecule has 1 aliphatic rings. The highest BCUT2D eigenvalue weighted by atomic mass is 79.9. The molecule has 0 aromatic heterocycles. The van der Waals surface area contributed by atoms with E-state index < -0.39 is 5.97 Å². The number of alkyl halides is 1. The van der Waals surface area contributed by atoms with Crippen molar-refractivity contribution < 1.29 is 14.3 Å². The molecule has 0 N–H and O–H groups in total. The Morgan fingerprint density at radius 2 is 2.32 bits per heavy atom. The highest BCUT2D eigenvalue weighted by Gasteiger charge is 2.29. The maximum absolute atomic E-state index is 11.8. The summed E-state index contributed by atoms with van der Waals surface area (Å²) in [7, 11) is 0. The van der Waals surface area contributed by atoms with Crippen LogP contribution in [0.5, 0.6) is 0 Å². The fourth-order valence-electron chi connectivity index (χ4n) is 1.96. The third kappa shape index (κ3) is 3.09. The van der Waals surface area contributed by atoms with Gasteiger partial charge < -0.3 is 9.64 Å². The van der Waals surface area contributed by atoms with Crippen LogP contribution >= 0.6 is 27.5 Å². The lowest BCUT2D eigenvalue weighted by molar-refractivity contribution is -0.117. The molecule has 1 heterocycles. The van der Waals surface area contributed by atoms with Gasteiger partial charge in [-0.2, -0.15) is 0 Å². The Labute approximate surface area is 124 Å². The fourth-order valence-corrected chi connectivity index (χ4v) is 2.72. The zero-order valence-corrected chi connectivity index (χ0v) is 12.7. The van der Waals surface area contributed by atoms with Crippen molar-refractivity contribution >= 4 is 45.1 Å². The summed E-state index contributed by atoms with van der Waals surface area (Å²) in [6.45, 7) is 2.60. The first-order chi connectivity index (χ1) is 9.02. The lowest BCUT2D eigenvalue weighted by Crippen LogP contribution is -2.24. The zero-order valence-electron chi connectivity index (χ0n) is 10.4. The number of rotatable bonds is 3. The standard InChI is InChI=1S/C13H13BrClNO3/c1-2-19-13(18)10-6-9(3-4-11(10)15)16-7-8(14)5-12(16)17/h3-4,6,8H,2,5,7H2,1H3. The lowest BCUT2D eigenvalue weighted by atomic mass is 10.2. The van der Waals surface area contributed by atoms with E-state index in [9.17, 15) is 9.59 Å². The molecule has 19 heavy (non-hydrogen) atoms. The molecule has 0 bridgehead atoms. The maximum Gasteiger partial charge on any atom is 0.339 e. The molecule has 0 radical (unpaired) electrons. The van der Waals surface area contributed by atoms with E-state index in [0.717, 1.165) is 0 Å². The van der Waals surface area contributed by atoms with Crippen molar-refractivity contribution in [2.75, 3.05) is 18.1 Å². The van der Waals surface area contributed by atoms with E-state index >= 15 is 0 Å². The molecule has 0 saturated carbocycles. The van der Waals surface area contributed by atoms with Crippen LogP contribution < -0.4 is 4.90 Å². The van der Waals surface area contributed by atoms with E-state index in [1.165, 1.54) is 0 Å². The molecule has 1 saturated heterocycles. The Bertz CT molecular complexity index is 521. The summed E-state index contributed by atoms with van der Waals surface area (Å²) in [5.74, 6) is -0.449. The van der Waals surface area contributed by atoms with Gasteiger partial charge in [-0.3, -0.25) is 4.79 Å². The molecule has 1 unspecified atom stereocenters. The number of hydrogen-bond acceptors (Lipinski definition) is 3.